The molecule has 0 aromatic rings. The molecule has 2 nitrogen and oxygen atoms in total. The lowest BCUT2D eigenvalue weighted by atomic mass is 9.93. The first-order valence-electron chi connectivity index (χ1n) is 3.77. The predicted molar refractivity (Wildman–Crippen MR) is 45.1 cm³/mol. The average molecular weight is 151 g/mol. The highest BCUT2D eigenvalue weighted by Gasteiger charge is 2.18. The van der Waals surface area contributed by atoms with Crippen LogP contribution in [0.4, 0.5) is 0 Å². The monoisotopic (exact) mass is 151 g/mol. The molecule has 0 aromatic heterocycles. The number of carbonyl (C=O) groups excluding carboxylic acids is 1. The molecule has 1 amide bonds. The van der Waals surface area contributed by atoms with E-state index in [2.05, 4.69) is 13.2 Å². The molecule has 0 aromatic carbocycles. The lowest BCUT2D eigenvalue weighted by Gasteiger charge is -2.29. The quantitative estimate of drug-likeness (QED) is 0.429. The third-order valence-corrected chi connectivity index (χ3v) is 2.09. The van der Waals surface area contributed by atoms with Gasteiger partial charge < -0.3 is 4.90 Å². The van der Waals surface area contributed by atoms with E-state index < -0.39 is 0 Å². The first kappa shape index (κ1) is 8.05. The Balaban J connectivity index is 2.53. The van der Waals surface area contributed by atoms with Crippen molar-refractivity contribution in [2.75, 3.05) is 13.1 Å². The van der Waals surface area contributed by atoms with E-state index in [0.29, 0.717) is 12.5 Å². The van der Waals surface area contributed by atoms with E-state index in [1.807, 2.05) is 6.08 Å². The summed E-state index contributed by atoms with van der Waals surface area (Å²) in [6.07, 6.45) is 3.76. The van der Waals surface area contributed by atoms with E-state index in [9.17, 15) is 4.79 Å². The number of allylic oxidation sites excluding steroid dienone is 1. The van der Waals surface area contributed by atoms with Crippen LogP contribution in [-0.2, 0) is 4.79 Å². The van der Waals surface area contributed by atoms with Crippen LogP contribution in [0.2, 0.25) is 0 Å². The molecular weight excluding hydrogens is 138 g/mol. The Labute approximate surface area is 67.2 Å². The number of hydrogen-bond donors (Lipinski definition) is 0. The minimum absolute atomic E-state index is 0.409. The van der Waals surface area contributed by atoms with Gasteiger partial charge in [0.25, 0.3) is 0 Å². The largest absolute Gasteiger partial charge is 0.341 e. The van der Waals surface area contributed by atoms with Crippen LogP contribution in [0, 0.1) is 5.92 Å². The average Bonchev–Trinajstić information content (AvgIpc) is 2.04. The molecule has 11 heavy (non-hydrogen) atoms. The van der Waals surface area contributed by atoms with E-state index in [-0.39, 0.29) is 0 Å². The zero-order valence-corrected chi connectivity index (χ0v) is 6.62. The Kier molecular flexibility index (Phi) is 2.47. The second-order valence-corrected chi connectivity index (χ2v) is 2.87. The second-order valence-electron chi connectivity index (χ2n) is 2.87. The smallest absolute Gasteiger partial charge is 0.209 e. The fourth-order valence-electron chi connectivity index (χ4n) is 1.34. The zero-order valence-electron chi connectivity index (χ0n) is 6.62. The Morgan fingerprint density at radius 1 is 1.64 bits per heavy atom. The molecule has 2 heteroatoms. The molecule has 60 valence electrons. The first-order valence-corrected chi connectivity index (χ1v) is 3.77. The van der Waals surface area contributed by atoms with Gasteiger partial charge >= 0.3 is 0 Å². The molecule has 0 spiro atoms. The molecule has 1 rings (SSSR count). The maximum Gasteiger partial charge on any atom is 0.209 e. The van der Waals surface area contributed by atoms with E-state index in [1.165, 1.54) is 0 Å². The predicted octanol–water partition coefficient (Wildman–Crippen LogP) is 1.21. The number of amides is 1. The highest BCUT2D eigenvalue weighted by Crippen LogP contribution is 2.20. The topological polar surface area (TPSA) is 20.3 Å². The summed E-state index contributed by atoms with van der Waals surface area (Å²) in [5.74, 6) is 0.409. The van der Waals surface area contributed by atoms with Crippen molar-refractivity contribution in [2.24, 2.45) is 5.92 Å². The summed E-state index contributed by atoms with van der Waals surface area (Å²) in [4.78, 5) is 12.1. The summed E-state index contributed by atoms with van der Waals surface area (Å²) in [6, 6.07) is 0. The van der Waals surface area contributed by atoms with Crippen molar-refractivity contribution in [3.63, 3.8) is 0 Å². The Hall–Kier alpha value is -1.05. The first-order chi connectivity index (χ1) is 5.27. The number of hydrogen-bond acceptors (Lipinski definition) is 1. The maximum atomic E-state index is 10.4. The van der Waals surface area contributed by atoms with Crippen molar-refractivity contribution in [1.82, 2.24) is 4.90 Å². The van der Waals surface area contributed by atoms with Gasteiger partial charge in [-0.2, -0.15) is 0 Å². The van der Waals surface area contributed by atoms with Gasteiger partial charge in [0.05, 0.1) is 0 Å². The van der Waals surface area contributed by atoms with Gasteiger partial charge in [-0.15, -0.1) is 6.58 Å². The molecule has 0 aliphatic carbocycles. The molecule has 0 radical (unpaired) electrons. The van der Waals surface area contributed by atoms with Crippen LogP contribution in [0.25, 0.3) is 0 Å². The molecular formula is C9H13NO. The van der Waals surface area contributed by atoms with Crippen molar-refractivity contribution in [3.8, 4) is 0 Å². The standard InChI is InChI=1S/C9H13NO/c1-3-9-4-5-10(7-11)6-8(9)2/h3,7,9H,1-2,4-6H2. The Morgan fingerprint density at radius 3 is 2.82 bits per heavy atom. The summed E-state index contributed by atoms with van der Waals surface area (Å²) in [7, 11) is 0. The van der Waals surface area contributed by atoms with Gasteiger partial charge in [-0.25, -0.2) is 0 Å². The number of piperidine rings is 1. The normalized spacial score (nSPS) is 24.9. The van der Waals surface area contributed by atoms with Crippen LogP contribution in [-0.4, -0.2) is 24.4 Å². The van der Waals surface area contributed by atoms with Gasteiger partial charge in [0.15, 0.2) is 0 Å². The molecule has 0 saturated carbocycles. The highest BCUT2D eigenvalue weighted by atomic mass is 16.1. The van der Waals surface area contributed by atoms with Crippen LogP contribution < -0.4 is 0 Å². The number of carbonyl (C=O) groups is 1. The minimum atomic E-state index is 0.409. The fraction of sp³-hybridized carbons (Fsp3) is 0.444. The van der Waals surface area contributed by atoms with Crippen LogP contribution in [0.15, 0.2) is 24.8 Å². The number of nitrogens with zero attached hydrogens (tertiary/aromatic N) is 1. The summed E-state index contributed by atoms with van der Waals surface area (Å²) in [5, 5.41) is 0. The van der Waals surface area contributed by atoms with Crippen molar-refractivity contribution in [3.05, 3.63) is 24.8 Å². The van der Waals surface area contributed by atoms with Gasteiger partial charge in [0.1, 0.15) is 0 Å². The zero-order chi connectivity index (χ0) is 8.27. The minimum Gasteiger partial charge on any atom is -0.341 e. The van der Waals surface area contributed by atoms with Crippen molar-refractivity contribution in [1.29, 1.82) is 0 Å². The van der Waals surface area contributed by atoms with E-state index in [1.54, 1.807) is 4.90 Å². The van der Waals surface area contributed by atoms with E-state index in [0.717, 1.165) is 24.9 Å². The lowest BCUT2D eigenvalue weighted by Crippen LogP contribution is -2.33. The summed E-state index contributed by atoms with van der Waals surface area (Å²) in [6.45, 7) is 9.14. The van der Waals surface area contributed by atoms with Gasteiger partial charge in [-0.1, -0.05) is 18.2 Å². The van der Waals surface area contributed by atoms with Crippen molar-refractivity contribution >= 4 is 6.41 Å². The third-order valence-electron chi connectivity index (χ3n) is 2.09. The van der Waals surface area contributed by atoms with Gasteiger partial charge in [0, 0.05) is 19.0 Å². The fourth-order valence-corrected chi connectivity index (χ4v) is 1.34. The van der Waals surface area contributed by atoms with Gasteiger partial charge in [0.2, 0.25) is 6.41 Å². The third kappa shape index (κ3) is 1.70. The lowest BCUT2D eigenvalue weighted by molar-refractivity contribution is -0.118. The SMILES string of the molecule is C=CC1CCN(C=O)CC1=C. The molecule has 0 N–H and O–H groups in total. The maximum absolute atomic E-state index is 10.4. The van der Waals surface area contributed by atoms with Crippen LogP contribution in [0.1, 0.15) is 6.42 Å². The molecule has 1 fully saturated rings. The van der Waals surface area contributed by atoms with Gasteiger partial charge in [-0.05, 0) is 6.42 Å². The summed E-state index contributed by atoms with van der Waals surface area (Å²) in [5.41, 5.74) is 1.10. The molecule has 1 unspecified atom stereocenters. The molecule has 1 aliphatic rings. The van der Waals surface area contributed by atoms with Crippen molar-refractivity contribution in [2.45, 2.75) is 6.42 Å². The molecule has 1 saturated heterocycles. The number of rotatable bonds is 2. The molecule has 1 aliphatic heterocycles. The van der Waals surface area contributed by atoms with Crippen LogP contribution >= 0.6 is 0 Å². The number of likely N-dealkylation sites (tertiary alicyclic amines) is 1. The Morgan fingerprint density at radius 2 is 2.36 bits per heavy atom. The summed E-state index contributed by atoms with van der Waals surface area (Å²) >= 11 is 0. The molecule has 1 heterocycles. The summed E-state index contributed by atoms with van der Waals surface area (Å²) < 4.78 is 0. The Bertz CT molecular complexity index is 186. The van der Waals surface area contributed by atoms with E-state index in [4.69, 9.17) is 0 Å². The molecule has 0 bridgehead atoms. The molecule has 1 atom stereocenters. The van der Waals surface area contributed by atoms with Crippen molar-refractivity contribution < 1.29 is 4.79 Å². The van der Waals surface area contributed by atoms with Gasteiger partial charge in [-0.3, -0.25) is 4.79 Å². The van der Waals surface area contributed by atoms with E-state index >= 15 is 0 Å². The van der Waals surface area contributed by atoms with Crippen LogP contribution in [0.3, 0.4) is 0 Å². The second kappa shape index (κ2) is 3.37. The van der Waals surface area contributed by atoms with Crippen LogP contribution in [0.5, 0.6) is 0 Å². The highest BCUT2D eigenvalue weighted by molar-refractivity contribution is 5.48.